The molecule has 0 radical (unpaired) electrons. The lowest BCUT2D eigenvalue weighted by Gasteiger charge is -2.15. The molecule has 0 saturated heterocycles. The molecular formula is C27H30N2O7. The zero-order valence-corrected chi connectivity index (χ0v) is 21.0. The van der Waals surface area contributed by atoms with Crippen LogP contribution in [0.5, 0.6) is 11.5 Å². The van der Waals surface area contributed by atoms with Gasteiger partial charge in [-0.25, -0.2) is 4.79 Å². The minimum absolute atomic E-state index is 0.151. The molecule has 1 N–H and O–H groups in total. The molecule has 1 heterocycles. The molecule has 1 amide bonds. The highest BCUT2D eigenvalue weighted by molar-refractivity contribution is 6.06. The van der Waals surface area contributed by atoms with E-state index in [1.54, 1.807) is 35.9 Å². The van der Waals surface area contributed by atoms with Gasteiger partial charge in [-0.05, 0) is 37.1 Å². The Labute approximate surface area is 209 Å². The number of carbonyl (C=O) groups is 3. The smallest absolute Gasteiger partial charge is 0.357 e. The van der Waals surface area contributed by atoms with Gasteiger partial charge in [-0.3, -0.25) is 9.59 Å². The van der Waals surface area contributed by atoms with Gasteiger partial charge in [-0.2, -0.15) is 0 Å². The predicted octanol–water partition coefficient (Wildman–Crippen LogP) is 4.29. The van der Waals surface area contributed by atoms with Crippen molar-refractivity contribution in [2.24, 2.45) is 0 Å². The lowest BCUT2D eigenvalue weighted by molar-refractivity contribution is -0.150. The molecule has 3 aromatic rings. The Hall–Kier alpha value is -4.27. The Balaban J connectivity index is 2.20. The second kappa shape index (κ2) is 11.9. The molecule has 2 aromatic carbocycles. The van der Waals surface area contributed by atoms with Crippen molar-refractivity contribution in [3.63, 3.8) is 0 Å². The number of aromatic nitrogens is 1. The van der Waals surface area contributed by atoms with Gasteiger partial charge in [0.1, 0.15) is 0 Å². The molecule has 3 rings (SSSR count). The minimum Gasteiger partial charge on any atom is -0.493 e. The first-order valence-electron chi connectivity index (χ1n) is 11.4. The Morgan fingerprint density at radius 1 is 1.00 bits per heavy atom. The van der Waals surface area contributed by atoms with E-state index >= 15 is 0 Å². The highest BCUT2D eigenvalue weighted by Crippen LogP contribution is 2.38. The first-order valence-corrected chi connectivity index (χ1v) is 11.4. The van der Waals surface area contributed by atoms with E-state index in [0.29, 0.717) is 29.2 Å². The standard InChI is InChI=1S/C27H30N2O7/c1-6-35-27(32)25-24(28-26(31)17(2)36-18(3)30)21(16-29(25)15-19-10-8-7-9-11-19)20-12-13-22(33-4)23(14-20)34-5/h7-14,16-17H,6,15H2,1-5H3,(H,28,31)/t17-/m0/s1. The fourth-order valence-electron chi connectivity index (χ4n) is 3.76. The molecule has 1 atom stereocenters. The van der Waals surface area contributed by atoms with E-state index in [1.807, 2.05) is 30.3 Å². The number of carbonyl (C=O) groups excluding carboxylic acids is 3. The third kappa shape index (κ3) is 6.04. The molecule has 0 aliphatic heterocycles. The van der Waals surface area contributed by atoms with Crippen LogP contribution in [0, 0.1) is 0 Å². The monoisotopic (exact) mass is 494 g/mol. The first kappa shape index (κ1) is 26.3. The second-order valence-electron chi connectivity index (χ2n) is 7.91. The molecule has 9 heteroatoms. The Morgan fingerprint density at radius 2 is 1.69 bits per heavy atom. The predicted molar refractivity (Wildman–Crippen MR) is 134 cm³/mol. The summed E-state index contributed by atoms with van der Waals surface area (Å²) in [6.45, 7) is 4.89. The highest BCUT2D eigenvalue weighted by atomic mass is 16.5. The molecule has 0 unspecified atom stereocenters. The van der Waals surface area contributed by atoms with Crippen LogP contribution in [0.3, 0.4) is 0 Å². The van der Waals surface area contributed by atoms with Gasteiger partial charge in [0.25, 0.3) is 5.91 Å². The van der Waals surface area contributed by atoms with E-state index in [-0.39, 0.29) is 18.0 Å². The third-order valence-electron chi connectivity index (χ3n) is 5.40. The van der Waals surface area contributed by atoms with E-state index in [4.69, 9.17) is 18.9 Å². The second-order valence-corrected chi connectivity index (χ2v) is 7.91. The van der Waals surface area contributed by atoms with E-state index in [1.165, 1.54) is 28.1 Å². The van der Waals surface area contributed by atoms with Gasteiger partial charge >= 0.3 is 11.9 Å². The van der Waals surface area contributed by atoms with E-state index in [2.05, 4.69) is 5.32 Å². The topological polar surface area (TPSA) is 105 Å². The molecule has 190 valence electrons. The molecule has 36 heavy (non-hydrogen) atoms. The summed E-state index contributed by atoms with van der Waals surface area (Å²) in [5.74, 6) is -0.769. The van der Waals surface area contributed by atoms with Gasteiger partial charge in [0, 0.05) is 25.2 Å². The van der Waals surface area contributed by atoms with Gasteiger partial charge in [-0.1, -0.05) is 36.4 Å². The SMILES string of the molecule is CCOC(=O)c1c(NC(=O)[C@H](C)OC(C)=O)c(-c2ccc(OC)c(OC)c2)cn1Cc1ccccc1. The number of methoxy groups -OCH3 is 2. The summed E-state index contributed by atoms with van der Waals surface area (Å²) in [5.41, 5.74) is 2.57. The van der Waals surface area contributed by atoms with E-state index in [0.717, 1.165) is 5.56 Å². The minimum atomic E-state index is -1.08. The largest absolute Gasteiger partial charge is 0.493 e. The molecule has 0 aliphatic rings. The Morgan fingerprint density at radius 3 is 2.31 bits per heavy atom. The van der Waals surface area contributed by atoms with Crippen molar-refractivity contribution in [1.82, 2.24) is 4.57 Å². The number of nitrogens with one attached hydrogen (secondary N) is 1. The maximum absolute atomic E-state index is 13.1. The van der Waals surface area contributed by atoms with E-state index < -0.39 is 23.9 Å². The van der Waals surface area contributed by atoms with Gasteiger partial charge < -0.3 is 28.8 Å². The van der Waals surface area contributed by atoms with Crippen molar-refractivity contribution in [3.05, 3.63) is 66.0 Å². The molecule has 1 aromatic heterocycles. The lowest BCUT2D eigenvalue weighted by Crippen LogP contribution is -2.30. The normalized spacial score (nSPS) is 11.4. The summed E-state index contributed by atoms with van der Waals surface area (Å²) in [4.78, 5) is 37.5. The zero-order valence-electron chi connectivity index (χ0n) is 21.0. The van der Waals surface area contributed by atoms with Crippen molar-refractivity contribution >= 4 is 23.5 Å². The molecule has 0 bridgehead atoms. The molecule has 0 fully saturated rings. The van der Waals surface area contributed by atoms with Gasteiger partial charge in [-0.15, -0.1) is 0 Å². The number of nitrogens with zero attached hydrogens (tertiary/aromatic N) is 1. The molecule has 0 spiro atoms. The molecule has 9 nitrogen and oxygen atoms in total. The van der Waals surface area contributed by atoms with Crippen molar-refractivity contribution in [2.75, 3.05) is 26.1 Å². The van der Waals surface area contributed by atoms with Crippen LogP contribution in [0.4, 0.5) is 5.69 Å². The fourth-order valence-corrected chi connectivity index (χ4v) is 3.76. The maximum atomic E-state index is 13.1. The van der Waals surface area contributed by atoms with Crippen molar-refractivity contribution in [1.29, 1.82) is 0 Å². The number of rotatable bonds is 10. The first-order chi connectivity index (χ1) is 17.3. The molecule has 0 aliphatic carbocycles. The number of hydrogen-bond acceptors (Lipinski definition) is 7. The maximum Gasteiger partial charge on any atom is 0.357 e. The quantitative estimate of drug-likeness (QED) is 0.419. The van der Waals surface area contributed by atoms with Crippen LogP contribution in [0.25, 0.3) is 11.1 Å². The van der Waals surface area contributed by atoms with Crippen LogP contribution in [0.15, 0.2) is 54.7 Å². The number of amides is 1. The average molecular weight is 495 g/mol. The molecule has 0 saturated carbocycles. The van der Waals surface area contributed by atoms with Crippen molar-refractivity contribution in [3.8, 4) is 22.6 Å². The number of ether oxygens (including phenoxy) is 4. The van der Waals surface area contributed by atoms with Crippen LogP contribution in [0.1, 0.15) is 36.8 Å². The Kier molecular flexibility index (Phi) is 8.72. The van der Waals surface area contributed by atoms with Crippen LogP contribution in [0.2, 0.25) is 0 Å². The summed E-state index contributed by atoms with van der Waals surface area (Å²) < 4.78 is 22.9. The molecular weight excluding hydrogens is 464 g/mol. The lowest BCUT2D eigenvalue weighted by atomic mass is 10.1. The number of hydrogen-bond donors (Lipinski definition) is 1. The average Bonchev–Trinajstić information content (AvgIpc) is 3.21. The third-order valence-corrected chi connectivity index (χ3v) is 5.40. The highest BCUT2D eigenvalue weighted by Gasteiger charge is 2.28. The van der Waals surface area contributed by atoms with Gasteiger partial charge in [0.05, 0.1) is 26.5 Å². The summed E-state index contributed by atoms with van der Waals surface area (Å²) in [6.07, 6.45) is 0.695. The zero-order chi connectivity index (χ0) is 26.2. The summed E-state index contributed by atoms with van der Waals surface area (Å²) in [7, 11) is 3.06. The van der Waals surface area contributed by atoms with Crippen LogP contribution in [-0.4, -0.2) is 49.3 Å². The summed E-state index contributed by atoms with van der Waals surface area (Å²) >= 11 is 0. The van der Waals surface area contributed by atoms with Crippen LogP contribution < -0.4 is 14.8 Å². The van der Waals surface area contributed by atoms with Crippen molar-refractivity contribution < 1.29 is 33.3 Å². The fraction of sp³-hybridized carbons (Fsp3) is 0.296. The summed E-state index contributed by atoms with van der Waals surface area (Å²) in [5, 5.41) is 2.78. The van der Waals surface area contributed by atoms with Crippen LogP contribution >= 0.6 is 0 Å². The number of esters is 2. The summed E-state index contributed by atoms with van der Waals surface area (Å²) in [6, 6.07) is 14.9. The van der Waals surface area contributed by atoms with Crippen molar-refractivity contribution in [2.45, 2.75) is 33.4 Å². The number of anilines is 1. The van der Waals surface area contributed by atoms with E-state index in [9.17, 15) is 14.4 Å². The van der Waals surface area contributed by atoms with Gasteiger partial charge in [0.15, 0.2) is 23.3 Å². The van der Waals surface area contributed by atoms with Crippen LogP contribution in [-0.2, 0) is 25.6 Å². The Bertz CT molecular complexity index is 1230. The number of benzene rings is 2. The van der Waals surface area contributed by atoms with Gasteiger partial charge in [0.2, 0.25) is 0 Å².